The van der Waals surface area contributed by atoms with Crippen molar-refractivity contribution in [2.75, 3.05) is 0 Å². The van der Waals surface area contributed by atoms with Crippen LogP contribution in [-0.4, -0.2) is 5.78 Å². The maximum absolute atomic E-state index is 11.8. The second-order valence-corrected chi connectivity index (χ2v) is 4.95. The van der Waals surface area contributed by atoms with Crippen molar-refractivity contribution in [2.24, 2.45) is 17.8 Å². The average molecular weight is 180 g/mol. The van der Waals surface area contributed by atoms with Gasteiger partial charge in [0.25, 0.3) is 0 Å². The minimum Gasteiger partial charge on any atom is -0.299 e. The number of hydrogen-bond donors (Lipinski definition) is 0. The minimum atomic E-state index is 0.376. The lowest BCUT2D eigenvalue weighted by atomic mass is 9.92. The van der Waals surface area contributed by atoms with Crippen LogP contribution in [0.2, 0.25) is 0 Å². The SMILES string of the molecule is CC(C(=O)CC1CCCC1)C1CC1. The molecule has 2 saturated carbocycles. The Hall–Kier alpha value is -0.330. The molecule has 1 unspecified atom stereocenters. The fraction of sp³-hybridized carbons (Fsp3) is 0.917. The van der Waals surface area contributed by atoms with Crippen LogP contribution in [0.4, 0.5) is 0 Å². The van der Waals surface area contributed by atoms with E-state index < -0.39 is 0 Å². The van der Waals surface area contributed by atoms with E-state index in [4.69, 9.17) is 0 Å². The number of rotatable bonds is 4. The molecule has 1 atom stereocenters. The van der Waals surface area contributed by atoms with E-state index >= 15 is 0 Å². The summed E-state index contributed by atoms with van der Waals surface area (Å²) in [6.45, 7) is 2.13. The second-order valence-electron chi connectivity index (χ2n) is 4.95. The molecular weight excluding hydrogens is 160 g/mol. The molecule has 0 bridgehead atoms. The highest BCUT2D eigenvalue weighted by molar-refractivity contribution is 5.81. The van der Waals surface area contributed by atoms with Gasteiger partial charge in [0.15, 0.2) is 0 Å². The number of Topliss-reactive ketones (excluding diaryl/α,β-unsaturated/α-hetero) is 1. The summed E-state index contributed by atoms with van der Waals surface area (Å²) < 4.78 is 0. The molecule has 1 heteroatoms. The van der Waals surface area contributed by atoms with Crippen molar-refractivity contribution in [3.63, 3.8) is 0 Å². The van der Waals surface area contributed by atoms with E-state index in [9.17, 15) is 4.79 Å². The summed E-state index contributed by atoms with van der Waals surface area (Å²) >= 11 is 0. The summed E-state index contributed by atoms with van der Waals surface area (Å²) in [5.74, 6) is 2.43. The fourth-order valence-electron chi connectivity index (χ4n) is 2.54. The number of carbonyl (C=O) groups is 1. The Morgan fingerprint density at radius 3 is 2.38 bits per heavy atom. The van der Waals surface area contributed by atoms with E-state index in [-0.39, 0.29) is 0 Å². The Balaban J connectivity index is 1.76. The highest BCUT2D eigenvalue weighted by atomic mass is 16.1. The van der Waals surface area contributed by atoms with E-state index in [0.717, 1.165) is 18.3 Å². The average Bonchev–Trinajstić information content (AvgIpc) is 2.85. The van der Waals surface area contributed by atoms with Crippen LogP contribution in [0.25, 0.3) is 0 Å². The van der Waals surface area contributed by atoms with E-state index in [2.05, 4.69) is 6.92 Å². The van der Waals surface area contributed by atoms with Crippen LogP contribution in [-0.2, 0) is 4.79 Å². The van der Waals surface area contributed by atoms with Crippen molar-refractivity contribution in [3.8, 4) is 0 Å². The molecule has 0 N–H and O–H groups in total. The molecule has 2 aliphatic carbocycles. The van der Waals surface area contributed by atoms with Gasteiger partial charge in [0.1, 0.15) is 5.78 Å². The lowest BCUT2D eigenvalue weighted by molar-refractivity contribution is -0.123. The van der Waals surface area contributed by atoms with Crippen molar-refractivity contribution in [1.82, 2.24) is 0 Å². The summed E-state index contributed by atoms with van der Waals surface area (Å²) in [7, 11) is 0. The first-order valence-electron chi connectivity index (χ1n) is 5.80. The lowest BCUT2D eigenvalue weighted by Crippen LogP contribution is -2.15. The van der Waals surface area contributed by atoms with Crippen LogP contribution < -0.4 is 0 Å². The summed E-state index contributed by atoms with van der Waals surface area (Å²) in [4.78, 5) is 11.8. The van der Waals surface area contributed by atoms with E-state index in [1.54, 1.807) is 0 Å². The number of ketones is 1. The normalized spacial score (nSPS) is 26.2. The molecule has 2 fully saturated rings. The Labute approximate surface area is 80.9 Å². The molecule has 0 saturated heterocycles. The summed E-state index contributed by atoms with van der Waals surface area (Å²) in [5, 5.41) is 0. The first-order valence-corrected chi connectivity index (χ1v) is 5.80. The van der Waals surface area contributed by atoms with Crippen LogP contribution in [0.5, 0.6) is 0 Å². The third-order valence-electron chi connectivity index (χ3n) is 3.80. The van der Waals surface area contributed by atoms with Crippen LogP contribution in [0.15, 0.2) is 0 Å². The van der Waals surface area contributed by atoms with Gasteiger partial charge in [-0.15, -0.1) is 0 Å². The topological polar surface area (TPSA) is 17.1 Å². The largest absolute Gasteiger partial charge is 0.299 e. The third kappa shape index (κ3) is 2.32. The fourth-order valence-corrected chi connectivity index (χ4v) is 2.54. The third-order valence-corrected chi connectivity index (χ3v) is 3.80. The maximum Gasteiger partial charge on any atom is 0.136 e. The predicted molar refractivity (Wildman–Crippen MR) is 53.5 cm³/mol. The van der Waals surface area contributed by atoms with Gasteiger partial charge in [0.2, 0.25) is 0 Å². The Bertz CT molecular complexity index is 187. The van der Waals surface area contributed by atoms with Crippen molar-refractivity contribution in [1.29, 1.82) is 0 Å². The van der Waals surface area contributed by atoms with Gasteiger partial charge in [0.05, 0.1) is 0 Å². The van der Waals surface area contributed by atoms with Crippen LogP contribution >= 0.6 is 0 Å². The molecule has 2 aliphatic rings. The zero-order valence-corrected chi connectivity index (χ0v) is 8.59. The Morgan fingerprint density at radius 2 is 1.85 bits per heavy atom. The van der Waals surface area contributed by atoms with Crippen LogP contribution in [0.3, 0.4) is 0 Å². The van der Waals surface area contributed by atoms with E-state index in [1.165, 1.54) is 38.5 Å². The molecule has 0 aromatic heterocycles. The molecule has 0 aromatic carbocycles. The van der Waals surface area contributed by atoms with Crippen molar-refractivity contribution < 1.29 is 4.79 Å². The van der Waals surface area contributed by atoms with E-state index in [0.29, 0.717) is 11.7 Å². The zero-order chi connectivity index (χ0) is 9.26. The molecule has 1 nitrogen and oxygen atoms in total. The van der Waals surface area contributed by atoms with Crippen LogP contribution in [0, 0.1) is 17.8 Å². The minimum absolute atomic E-state index is 0.376. The number of hydrogen-bond acceptors (Lipinski definition) is 1. The lowest BCUT2D eigenvalue weighted by Gasteiger charge is -2.12. The first kappa shape index (κ1) is 9.23. The molecule has 0 spiro atoms. The molecule has 2 rings (SSSR count). The second kappa shape index (κ2) is 3.81. The molecule has 0 radical (unpaired) electrons. The van der Waals surface area contributed by atoms with E-state index in [1.807, 2.05) is 0 Å². The van der Waals surface area contributed by atoms with Gasteiger partial charge in [-0.25, -0.2) is 0 Å². The maximum atomic E-state index is 11.8. The van der Waals surface area contributed by atoms with Gasteiger partial charge in [-0.1, -0.05) is 32.6 Å². The molecule has 0 aliphatic heterocycles. The Morgan fingerprint density at radius 1 is 1.23 bits per heavy atom. The summed E-state index contributed by atoms with van der Waals surface area (Å²) in [5.41, 5.74) is 0. The highest BCUT2D eigenvalue weighted by Gasteiger charge is 2.33. The standard InChI is InChI=1S/C12H20O/c1-9(11-6-7-11)12(13)8-10-4-2-3-5-10/h9-11H,2-8H2,1H3. The van der Waals surface area contributed by atoms with Gasteiger partial charge in [-0.05, 0) is 24.7 Å². The molecule has 0 aromatic rings. The van der Waals surface area contributed by atoms with Gasteiger partial charge in [0, 0.05) is 12.3 Å². The van der Waals surface area contributed by atoms with Gasteiger partial charge in [-0.3, -0.25) is 4.79 Å². The van der Waals surface area contributed by atoms with Gasteiger partial charge >= 0.3 is 0 Å². The molecular formula is C12H20O. The van der Waals surface area contributed by atoms with Crippen molar-refractivity contribution in [2.45, 2.75) is 51.9 Å². The predicted octanol–water partition coefficient (Wildman–Crippen LogP) is 3.18. The molecule has 74 valence electrons. The molecule has 13 heavy (non-hydrogen) atoms. The smallest absolute Gasteiger partial charge is 0.136 e. The highest BCUT2D eigenvalue weighted by Crippen LogP contribution is 2.39. The quantitative estimate of drug-likeness (QED) is 0.649. The first-order chi connectivity index (χ1) is 6.27. The van der Waals surface area contributed by atoms with Gasteiger partial charge in [-0.2, -0.15) is 0 Å². The number of carbonyl (C=O) groups excluding carboxylic acids is 1. The van der Waals surface area contributed by atoms with Gasteiger partial charge < -0.3 is 0 Å². The molecule has 0 amide bonds. The van der Waals surface area contributed by atoms with Crippen molar-refractivity contribution in [3.05, 3.63) is 0 Å². The molecule has 0 heterocycles. The zero-order valence-electron chi connectivity index (χ0n) is 8.59. The van der Waals surface area contributed by atoms with Crippen LogP contribution in [0.1, 0.15) is 51.9 Å². The Kier molecular flexibility index (Phi) is 2.71. The monoisotopic (exact) mass is 180 g/mol. The summed E-state index contributed by atoms with van der Waals surface area (Å²) in [6.07, 6.45) is 8.82. The van der Waals surface area contributed by atoms with Crippen molar-refractivity contribution >= 4 is 5.78 Å². The summed E-state index contributed by atoms with van der Waals surface area (Å²) in [6, 6.07) is 0.